The number of hydrogen-bond acceptors (Lipinski definition) is 3. The van der Waals surface area contributed by atoms with Gasteiger partial charge in [0.05, 0.1) is 5.56 Å². The van der Waals surface area contributed by atoms with E-state index in [2.05, 4.69) is 5.32 Å². The van der Waals surface area contributed by atoms with E-state index >= 15 is 0 Å². The predicted octanol–water partition coefficient (Wildman–Crippen LogP) is 2.42. The monoisotopic (exact) mass is 286 g/mol. The van der Waals surface area contributed by atoms with Crippen LogP contribution in [0.1, 0.15) is 23.2 Å². The van der Waals surface area contributed by atoms with Gasteiger partial charge in [0.1, 0.15) is 0 Å². The van der Waals surface area contributed by atoms with Gasteiger partial charge in [-0.3, -0.25) is 4.79 Å². The van der Waals surface area contributed by atoms with Gasteiger partial charge in [0.15, 0.2) is 11.6 Å². The fourth-order valence-corrected chi connectivity index (χ4v) is 3.25. The lowest BCUT2D eigenvalue weighted by Crippen LogP contribution is -2.31. The summed E-state index contributed by atoms with van der Waals surface area (Å²) in [6.45, 7) is 0.553. The van der Waals surface area contributed by atoms with E-state index in [1.807, 2.05) is 11.8 Å². The van der Waals surface area contributed by atoms with Gasteiger partial charge in [0.25, 0.3) is 5.91 Å². The molecule has 1 saturated heterocycles. The van der Waals surface area contributed by atoms with Crippen molar-refractivity contribution in [2.45, 2.75) is 12.8 Å². The molecule has 0 atom stereocenters. The molecule has 0 aromatic heterocycles. The average molecular weight is 286 g/mol. The maximum Gasteiger partial charge on any atom is 0.253 e. The van der Waals surface area contributed by atoms with Crippen LogP contribution in [-0.4, -0.2) is 24.0 Å². The summed E-state index contributed by atoms with van der Waals surface area (Å²) in [5, 5.41) is 2.74. The number of rotatable bonds is 3. The molecule has 2 rings (SSSR count). The number of halogens is 2. The molecule has 0 unspecified atom stereocenters. The molecule has 1 aromatic carbocycles. The number of carbonyl (C=O) groups excluding carboxylic acids is 1. The molecule has 1 fully saturated rings. The van der Waals surface area contributed by atoms with Gasteiger partial charge < -0.3 is 11.1 Å². The van der Waals surface area contributed by atoms with Crippen molar-refractivity contribution < 1.29 is 13.6 Å². The number of hydrogen-bond donors (Lipinski definition) is 2. The van der Waals surface area contributed by atoms with Crippen LogP contribution in [0.3, 0.4) is 0 Å². The van der Waals surface area contributed by atoms with E-state index in [1.165, 1.54) is 0 Å². The summed E-state index contributed by atoms with van der Waals surface area (Å²) in [4.78, 5) is 11.9. The molecule has 3 N–H and O–H groups in total. The highest BCUT2D eigenvalue weighted by molar-refractivity contribution is 7.99. The summed E-state index contributed by atoms with van der Waals surface area (Å²) in [6, 6.07) is 1.68. The van der Waals surface area contributed by atoms with Crippen LogP contribution in [0.4, 0.5) is 14.5 Å². The lowest BCUT2D eigenvalue weighted by molar-refractivity contribution is 0.0946. The van der Waals surface area contributed by atoms with Crippen molar-refractivity contribution in [2.75, 3.05) is 23.8 Å². The molecule has 0 saturated carbocycles. The molecule has 1 amide bonds. The maximum atomic E-state index is 13.1. The van der Waals surface area contributed by atoms with Crippen molar-refractivity contribution in [1.29, 1.82) is 0 Å². The normalized spacial score (nSPS) is 16.3. The first-order valence-electron chi connectivity index (χ1n) is 6.18. The van der Waals surface area contributed by atoms with Crippen LogP contribution in [0, 0.1) is 17.6 Å². The van der Waals surface area contributed by atoms with E-state index in [0.717, 1.165) is 36.5 Å². The Morgan fingerprint density at radius 3 is 2.63 bits per heavy atom. The molecule has 0 bridgehead atoms. The summed E-state index contributed by atoms with van der Waals surface area (Å²) in [6.07, 6.45) is 2.14. The number of nitrogen functional groups attached to an aromatic ring is 1. The van der Waals surface area contributed by atoms with Crippen LogP contribution in [0.2, 0.25) is 0 Å². The summed E-state index contributed by atoms with van der Waals surface area (Å²) in [5.74, 6) is 0.111. The third-order valence-corrected chi connectivity index (χ3v) is 4.28. The Hall–Kier alpha value is -1.30. The zero-order valence-corrected chi connectivity index (χ0v) is 11.2. The molecule has 6 heteroatoms. The van der Waals surface area contributed by atoms with Gasteiger partial charge >= 0.3 is 0 Å². The van der Waals surface area contributed by atoms with Crippen molar-refractivity contribution in [3.05, 3.63) is 29.3 Å². The Morgan fingerprint density at radius 1 is 1.32 bits per heavy atom. The summed E-state index contributed by atoms with van der Waals surface area (Å²) < 4.78 is 26.0. The smallest absolute Gasteiger partial charge is 0.253 e. The van der Waals surface area contributed by atoms with Crippen molar-refractivity contribution in [3.8, 4) is 0 Å². The SMILES string of the molecule is Nc1cc(F)c(F)cc1C(=O)NCC1CCSCC1. The van der Waals surface area contributed by atoms with Gasteiger partial charge in [-0.25, -0.2) is 8.78 Å². The number of amides is 1. The Bertz CT molecular complexity index is 476. The van der Waals surface area contributed by atoms with E-state index in [4.69, 9.17) is 5.73 Å². The molecule has 1 heterocycles. The number of anilines is 1. The first-order chi connectivity index (χ1) is 9.08. The Labute approximate surface area is 114 Å². The van der Waals surface area contributed by atoms with Crippen molar-refractivity contribution in [3.63, 3.8) is 0 Å². The van der Waals surface area contributed by atoms with Gasteiger partial charge in [-0.15, -0.1) is 0 Å². The van der Waals surface area contributed by atoms with Gasteiger partial charge in [-0.2, -0.15) is 11.8 Å². The van der Waals surface area contributed by atoms with Crippen LogP contribution in [0.5, 0.6) is 0 Å². The molecule has 0 spiro atoms. The number of thioether (sulfide) groups is 1. The van der Waals surface area contributed by atoms with E-state index in [0.29, 0.717) is 12.5 Å². The molecule has 104 valence electrons. The predicted molar refractivity (Wildman–Crippen MR) is 73.2 cm³/mol. The average Bonchev–Trinajstić information content (AvgIpc) is 2.41. The second-order valence-corrected chi connectivity index (χ2v) is 5.84. The lowest BCUT2D eigenvalue weighted by Gasteiger charge is -2.21. The highest BCUT2D eigenvalue weighted by Crippen LogP contribution is 2.22. The molecular formula is C13H16F2N2OS. The summed E-state index contributed by atoms with van der Waals surface area (Å²) in [5.41, 5.74) is 5.47. The van der Waals surface area contributed by atoms with Gasteiger partial charge in [-0.05, 0) is 36.3 Å². The minimum absolute atomic E-state index is 0.0101. The third kappa shape index (κ3) is 3.59. The van der Waals surface area contributed by atoms with Crippen LogP contribution in [0.15, 0.2) is 12.1 Å². The topological polar surface area (TPSA) is 55.1 Å². The molecule has 0 radical (unpaired) electrons. The van der Waals surface area contributed by atoms with Crippen LogP contribution in [0.25, 0.3) is 0 Å². The summed E-state index contributed by atoms with van der Waals surface area (Å²) in [7, 11) is 0. The Morgan fingerprint density at radius 2 is 1.95 bits per heavy atom. The number of nitrogens with two attached hydrogens (primary N) is 1. The largest absolute Gasteiger partial charge is 0.398 e. The second-order valence-electron chi connectivity index (χ2n) is 4.62. The number of carbonyl (C=O) groups is 1. The van der Waals surface area contributed by atoms with Crippen molar-refractivity contribution in [1.82, 2.24) is 5.32 Å². The zero-order valence-electron chi connectivity index (χ0n) is 10.4. The van der Waals surface area contributed by atoms with E-state index < -0.39 is 17.5 Å². The third-order valence-electron chi connectivity index (χ3n) is 3.23. The standard InChI is InChI=1S/C13H16F2N2OS/c14-10-5-9(12(16)6-11(10)15)13(18)17-7-8-1-3-19-4-2-8/h5-6,8H,1-4,7,16H2,(H,17,18). The van der Waals surface area contributed by atoms with Crippen LogP contribution in [-0.2, 0) is 0 Å². The highest BCUT2D eigenvalue weighted by Gasteiger charge is 2.17. The fourth-order valence-electron chi connectivity index (χ4n) is 2.04. The summed E-state index contributed by atoms with van der Waals surface area (Å²) >= 11 is 1.91. The minimum Gasteiger partial charge on any atom is -0.398 e. The van der Waals surface area contributed by atoms with E-state index in [1.54, 1.807) is 0 Å². The first kappa shape index (κ1) is 14.1. The minimum atomic E-state index is -1.06. The molecule has 1 aliphatic heterocycles. The van der Waals surface area contributed by atoms with Crippen LogP contribution >= 0.6 is 11.8 Å². The quantitative estimate of drug-likeness (QED) is 0.839. The highest BCUT2D eigenvalue weighted by atomic mass is 32.2. The van der Waals surface area contributed by atoms with Crippen molar-refractivity contribution >= 4 is 23.4 Å². The number of nitrogens with one attached hydrogen (secondary N) is 1. The second kappa shape index (κ2) is 6.23. The van der Waals surface area contributed by atoms with Gasteiger partial charge in [0.2, 0.25) is 0 Å². The lowest BCUT2D eigenvalue weighted by atomic mass is 10.0. The van der Waals surface area contributed by atoms with Crippen molar-refractivity contribution in [2.24, 2.45) is 5.92 Å². The fraction of sp³-hybridized carbons (Fsp3) is 0.462. The zero-order chi connectivity index (χ0) is 13.8. The van der Waals surface area contributed by atoms with Gasteiger partial charge in [0, 0.05) is 18.3 Å². The van der Waals surface area contributed by atoms with Crippen LogP contribution < -0.4 is 11.1 Å². The molecule has 1 aromatic rings. The number of benzene rings is 1. The van der Waals surface area contributed by atoms with E-state index in [9.17, 15) is 13.6 Å². The molecular weight excluding hydrogens is 270 g/mol. The van der Waals surface area contributed by atoms with E-state index in [-0.39, 0.29) is 11.3 Å². The molecule has 3 nitrogen and oxygen atoms in total. The first-order valence-corrected chi connectivity index (χ1v) is 7.34. The molecule has 19 heavy (non-hydrogen) atoms. The molecule has 0 aliphatic carbocycles. The molecule has 1 aliphatic rings. The Balaban J connectivity index is 1.97. The Kier molecular flexibility index (Phi) is 4.63. The van der Waals surface area contributed by atoms with Gasteiger partial charge in [-0.1, -0.05) is 0 Å². The maximum absolute atomic E-state index is 13.1.